The monoisotopic (exact) mass is 250 g/mol. The van der Waals surface area contributed by atoms with Gasteiger partial charge in [0.05, 0.1) is 10.5 Å². The largest absolute Gasteiger partial charge is 0.320 e. The molecule has 0 aliphatic carbocycles. The topological polar surface area (TPSA) is 49.4 Å². The molecule has 16 heavy (non-hydrogen) atoms. The Balaban J connectivity index is 3.97. The van der Waals surface area contributed by atoms with Gasteiger partial charge in [-0.2, -0.15) is 0 Å². The highest BCUT2D eigenvalue weighted by atomic mass is 32.2. The second kappa shape index (κ2) is 6.57. The van der Waals surface area contributed by atoms with Crippen LogP contribution in [0.4, 0.5) is 0 Å². The van der Waals surface area contributed by atoms with Crippen LogP contribution in [-0.4, -0.2) is 57.5 Å². The third-order valence-electron chi connectivity index (χ3n) is 2.64. The van der Waals surface area contributed by atoms with Gasteiger partial charge in [-0.05, 0) is 54.4 Å². The lowest BCUT2D eigenvalue weighted by Gasteiger charge is -2.22. The van der Waals surface area contributed by atoms with Crippen LogP contribution in [0.1, 0.15) is 27.2 Å². The Labute approximate surface area is 100 Å². The molecule has 5 heteroatoms. The quantitative estimate of drug-likeness (QED) is 0.677. The summed E-state index contributed by atoms with van der Waals surface area (Å²) in [6.45, 7) is 7.77. The second-order valence-electron chi connectivity index (χ2n) is 5.19. The second-order valence-corrected chi connectivity index (χ2v) is 8.05. The normalized spacial score (nSPS) is 13.4. The molecule has 0 rings (SSSR count). The Bertz CT molecular complexity index is 281. The lowest BCUT2D eigenvalue weighted by Crippen LogP contribution is -2.36. The maximum atomic E-state index is 11.8. The standard InChI is InChI=1S/C11H26N2O2S/c1-11(2,3)16(14,15)10-9-13(5)8-6-7-12-4/h12H,6-10H2,1-5H3. The van der Waals surface area contributed by atoms with Gasteiger partial charge in [0.2, 0.25) is 0 Å². The van der Waals surface area contributed by atoms with Crippen molar-refractivity contribution in [3.05, 3.63) is 0 Å². The molecule has 0 heterocycles. The fourth-order valence-corrected chi connectivity index (χ4v) is 2.38. The van der Waals surface area contributed by atoms with Crippen molar-refractivity contribution < 1.29 is 8.42 Å². The maximum absolute atomic E-state index is 11.8. The van der Waals surface area contributed by atoms with Crippen molar-refractivity contribution in [1.29, 1.82) is 0 Å². The van der Waals surface area contributed by atoms with Crippen LogP contribution in [0.15, 0.2) is 0 Å². The zero-order chi connectivity index (χ0) is 12.8. The third kappa shape index (κ3) is 5.82. The minimum Gasteiger partial charge on any atom is -0.320 e. The first-order valence-electron chi connectivity index (χ1n) is 5.76. The molecule has 0 aromatic carbocycles. The minimum absolute atomic E-state index is 0.243. The number of hydrogen-bond donors (Lipinski definition) is 1. The van der Waals surface area contributed by atoms with Crippen LogP contribution in [0.25, 0.3) is 0 Å². The van der Waals surface area contributed by atoms with Crippen LogP contribution < -0.4 is 5.32 Å². The molecule has 0 aromatic rings. The Kier molecular flexibility index (Phi) is 6.51. The van der Waals surface area contributed by atoms with Gasteiger partial charge in [0.1, 0.15) is 0 Å². The Morgan fingerprint density at radius 1 is 1.19 bits per heavy atom. The molecule has 0 fully saturated rings. The summed E-state index contributed by atoms with van der Waals surface area (Å²) in [4.78, 5) is 2.07. The summed E-state index contributed by atoms with van der Waals surface area (Å²) in [6, 6.07) is 0. The first-order valence-corrected chi connectivity index (χ1v) is 7.41. The minimum atomic E-state index is -2.98. The molecule has 0 aliphatic rings. The fraction of sp³-hybridized carbons (Fsp3) is 1.00. The van der Waals surface area contributed by atoms with Gasteiger partial charge in [-0.15, -0.1) is 0 Å². The maximum Gasteiger partial charge on any atom is 0.156 e. The summed E-state index contributed by atoms with van der Waals surface area (Å²) in [5.41, 5.74) is 0. The van der Waals surface area contributed by atoms with Crippen LogP contribution >= 0.6 is 0 Å². The molecule has 0 bridgehead atoms. The average molecular weight is 250 g/mol. The smallest absolute Gasteiger partial charge is 0.156 e. The number of nitrogens with one attached hydrogen (secondary N) is 1. The van der Waals surface area contributed by atoms with Crippen LogP contribution in [0.2, 0.25) is 0 Å². The van der Waals surface area contributed by atoms with Crippen molar-refractivity contribution in [3.63, 3.8) is 0 Å². The van der Waals surface area contributed by atoms with Gasteiger partial charge < -0.3 is 10.2 Å². The van der Waals surface area contributed by atoms with Crippen molar-refractivity contribution in [3.8, 4) is 0 Å². The molecule has 0 radical (unpaired) electrons. The van der Waals surface area contributed by atoms with Crippen molar-refractivity contribution in [2.24, 2.45) is 0 Å². The van der Waals surface area contributed by atoms with Crippen LogP contribution in [-0.2, 0) is 9.84 Å². The van der Waals surface area contributed by atoms with Crippen molar-refractivity contribution in [1.82, 2.24) is 10.2 Å². The highest BCUT2D eigenvalue weighted by molar-refractivity contribution is 7.92. The molecule has 0 aliphatic heterocycles. The Morgan fingerprint density at radius 2 is 1.75 bits per heavy atom. The highest BCUT2D eigenvalue weighted by Crippen LogP contribution is 2.15. The molecular formula is C11H26N2O2S. The molecular weight excluding hydrogens is 224 g/mol. The summed E-state index contributed by atoms with van der Waals surface area (Å²) < 4.78 is 23.1. The Hall–Kier alpha value is -0.130. The molecule has 0 aromatic heterocycles. The van der Waals surface area contributed by atoms with E-state index in [-0.39, 0.29) is 5.75 Å². The number of nitrogens with zero attached hydrogens (tertiary/aromatic N) is 1. The van der Waals surface area contributed by atoms with E-state index in [0.717, 1.165) is 19.5 Å². The zero-order valence-corrected chi connectivity index (χ0v) is 12.0. The van der Waals surface area contributed by atoms with Gasteiger partial charge in [-0.1, -0.05) is 0 Å². The van der Waals surface area contributed by atoms with Gasteiger partial charge in [0.25, 0.3) is 0 Å². The van der Waals surface area contributed by atoms with Crippen LogP contribution in [0, 0.1) is 0 Å². The highest BCUT2D eigenvalue weighted by Gasteiger charge is 2.28. The predicted octanol–water partition coefficient (Wildman–Crippen LogP) is 0.741. The van der Waals surface area contributed by atoms with E-state index in [1.54, 1.807) is 20.8 Å². The lowest BCUT2D eigenvalue weighted by molar-refractivity contribution is 0.345. The van der Waals surface area contributed by atoms with E-state index < -0.39 is 14.6 Å². The van der Waals surface area contributed by atoms with Gasteiger partial charge in [0.15, 0.2) is 9.84 Å². The van der Waals surface area contributed by atoms with Crippen LogP contribution in [0.5, 0.6) is 0 Å². The Morgan fingerprint density at radius 3 is 2.19 bits per heavy atom. The molecule has 0 amide bonds. The summed E-state index contributed by atoms with van der Waals surface area (Å²) in [5, 5.41) is 3.07. The number of rotatable bonds is 7. The molecule has 0 saturated carbocycles. The van der Waals surface area contributed by atoms with E-state index >= 15 is 0 Å². The molecule has 0 atom stereocenters. The average Bonchev–Trinajstić information content (AvgIpc) is 2.13. The van der Waals surface area contributed by atoms with Crippen LogP contribution in [0.3, 0.4) is 0 Å². The number of sulfone groups is 1. The van der Waals surface area contributed by atoms with Gasteiger partial charge in [-0.3, -0.25) is 0 Å². The lowest BCUT2D eigenvalue weighted by atomic mass is 10.3. The van der Waals surface area contributed by atoms with E-state index in [9.17, 15) is 8.42 Å². The fourth-order valence-electron chi connectivity index (χ4n) is 1.22. The third-order valence-corrected chi connectivity index (χ3v) is 5.23. The molecule has 98 valence electrons. The molecule has 0 saturated heterocycles. The number of hydrogen-bond acceptors (Lipinski definition) is 4. The SMILES string of the molecule is CNCCCN(C)CCS(=O)(=O)C(C)(C)C. The van der Waals surface area contributed by atoms with Gasteiger partial charge in [0, 0.05) is 6.54 Å². The van der Waals surface area contributed by atoms with Gasteiger partial charge in [-0.25, -0.2) is 8.42 Å². The van der Waals surface area contributed by atoms with Crippen molar-refractivity contribution >= 4 is 9.84 Å². The molecule has 1 N–H and O–H groups in total. The summed E-state index contributed by atoms with van der Waals surface area (Å²) in [6.07, 6.45) is 1.04. The first-order chi connectivity index (χ1) is 7.20. The van der Waals surface area contributed by atoms with Crippen molar-refractivity contribution in [2.45, 2.75) is 31.9 Å². The van der Waals surface area contributed by atoms with E-state index in [1.807, 2.05) is 14.1 Å². The van der Waals surface area contributed by atoms with Gasteiger partial charge >= 0.3 is 0 Å². The van der Waals surface area contributed by atoms with E-state index in [2.05, 4.69) is 10.2 Å². The summed E-state index contributed by atoms with van der Waals surface area (Å²) in [7, 11) is 0.906. The first kappa shape index (κ1) is 15.9. The molecule has 0 unspecified atom stereocenters. The summed E-state index contributed by atoms with van der Waals surface area (Å²) >= 11 is 0. The predicted molar refractivity (Wildman–Crippen MR) is 69.6 cm³/mol. The van der Waals surface area contributed by atoms with E-state index in [4.69, 9.17) is 0 Å². The van der Waals surface area contributed by atoms with E-state index in [1.165, 1.54) is 0 Å². The summed E-state index contributed by atoms with van der Waals surface area (Å²) in [5.74, 6) is 0.243. The molecule has 4 nitrogen and oxygen atoms in total. The van der Waals surface area contributed by atoms with E-state index in [0.29, 0.717) is 6.54 Å². The molecule has 0 spiro atoms. The zero-order valence-electron chi connectivity index (χ0n) is 11.2. The van der Waals surface area contributed by atoms with Crippen molar-refractivity contribution in [2.75, 3.05) is 39.5 Å².